The standard InChI is InChI=1S/C13H15FN2O3S/c1-2-16(9-11-4-3-7-19-11)20(17,18)13-6-5-10(14)8-12(13)15/h3-8H,2,9,15H2,1H3. The third kappa shape index (κ3) is 2.83. The molecular weight excluding hydrogens is 283 g/mol. The van der Waals surface area contributed by atoms with Crippen molar-refractivity contribution in [1.82, 2.24) is 4.31 Å². The van der Waals surface area contributed by atoms with Crippen LogP contribution < -0.4 is 5.73 Å². The molecule has 0 atom stereocenters. The second kappa shape index (κ2) is 5.64. The molecule has 0 spiro atoms. The van der Waals surface area contributed by atoms with Gasteiger partial charge in [-0.1, -0.05) is 6.92 Å². The fraction of sp³-hybridized carbons (Fsp3) is 0.231. The lowest BCUT2D eigenvalue weighted by Gasteiger charge is -2.20. The predicted octanol–water partition coefficient (Wildman–Crippen LogP) is 2.21. The van der Waals surface area contributed by atoms with Crippen LogP contribution in [0.25, 0.3) is 0 Å². The van der Waals surface area contributed by atoms with Crippen molar-refractivity contribution in [3.63, 3.8) is 0 Å². The van der Waals surface area contributed by atoms with Gasteiger partial charge in [-0.2, -0.15) is 4.31 Å². The fourth-order valence-electron chi connectivity index (χ4n) is 1.84. The highest BCUT2D eigenvalue weighted by molar-refractivity contribution is 7.89. The highest BCUT2D eigenvalue weighted by atomic mass is 32.2. The molecule has 20 heavy (non-hydrogen) atoms. The van der Waals surface area contributed by atoms with Crippen molar-refractivity contribution in [1.29, 1.82) is 0 Å². The molecule has 0 aliphatic heterocycles. The summed E-state index contributed by atoms with van der Waals surface area (Å²) in [6, 6.07) is 6.61. The topological polar surface area (TPSA) is 76.5 Å². The first kappa shape index (κ1) is 14.5. The van der Waals surface area contributed by atoms with Gasteiger partial charge in [0.05, 0.1) is 18.5 Å². The monoisotopic (exact) mass is 298 g/mol. The Labute approximate surface area is 116 Å². The van der Waals surface area contributed by atoms with E-state index in [0.29, 0.717) is 5.76 Å². The molecule has 0 aliphatic carbocycles. The van der Waals surface area contributed by atoms with Gasteiger partial charge in [0.25, 0.3) is 0 Å². The van der Waals surface area contributed by atoms with Crippen LogP contribution in [0.2, 0.25) is 0 Å². The predicted molar refractivity (Wildman–Crippen MR) is 72.8 cm³/mol. The van der Waals surface area contributed by atoms with Crippen LogP contribution in [0.3, 0.4) is 0 Å². The minimum absolute atomic E-state index is 0.0999. The lowest BCUT2D eigenvalue weighted by atomic mass is 10.3. The normalized spacial score (nSPS) is 11.9. The SMILES string of the molecule is CCN(Cc1ccco1)S(=O)(=O)c1ccc(F)cc1N. The quantitative estimate of drug-likeness (QED) is 0.859. The van der Waals surface area contributed by atoms with Crippen molar-refractivity contribution >= 4 is 15.7 Å². The van der Waals surface area contributed by atoms with E-state index in [2.05, 4.69) is 0 Å². The van der Waals surface area contributed by atoms with Gasteiger partial charge in [-0.15, -0.1) is 0 Å². The van der Waals surface area contributed by atoms with Crippen LogP contribution in [0.5, 0.6) is 0 Å². The van der Waals surface area contributed by atoms with E-state index in [1.54, 1.807) is 19.1 Å². The molecule has 0 aliphatic rings. The van der Waals surface area contributed by atoms with Gasteiger partial charge in [0, 0.05) is 6.54 Å². The number of hydrogen-bond donors (Lipinski definition) is 1. The molecule has 5 nitrogen and oxygen atoms in total. The third-order valence-electron chi connectivity index (χ3n) is 2.85. The number of hydrogen-bond acceptors (Lipinski definition) is 4. The average Bonchev–Trinajstić information content (AvgIpc) is 2.88. The summed E-state index contributed by atoms with van der Waals surface area (Å²) < 4.78 is 44.4. The largest absolute Gasteiger partial charge is 0.468 e. The van der Waals surface area contributed by atoms with E-state index >= 15 is 0 Å². The first-order valence-electron chi connectivity index (χ1n) is 6.02. The molecular formula is C13H15FN2O3S. The molecule has 108 valence electrons. The maximum absolute atomic E-state index is 13.0. The van der Waals surface area contributed by atoms with Crippen molar-refractivity contribution < 1.29 is 17.2 Å². The van der Waals surface area contributed by atoms with E-state index < -0.39 is 15.8 Å². The zero-order chi connectivity index (χ0) is 14.8. The number of nitrogens with two attached hydrogens (primary N) is 1. The second-order valence-corrected chi connectivity index (χ2v) is 6.10. The van der Waals surface area contributed by atoms with Crippen molar-refractivity contribution in [2.75, 3.05) is 12.3 Å². The highest BCUT2D eigenvalue weighted by Gasteiger charge is 2.26. The summed E-state index contributed by atoms with van der Waals surface area (Å²) in [7, 11) is -3.79. The molecule has 7 heteroatoms. The first-order valence-corrected chi connectivity index (χ1v) is 7.46. The Hall–Kier alpha value is -1.86. The lowest BCUT2D eigenvalue weighted by Crippen LogP contribution is -2.30. The van der Waals surface area contributed by atoms with Crippen LogP contribution in [-0.4, -0.2) is 19.3 Å². The van der Waals surface area contributed by atoms with Crippen LogP contribution in [0, 0.1) is 5.82 Å². The maximum atomic E-state index is 13.0. The zero-order valence-electron chi connectivity index (χ0n) is 10.9. The third-order valence-corrected chi connectivity index (χ3v) is 4.85. The number of nitrogen functional groups attached to an aromatic ring is 1. The molecule has 2 aromatic rings. The summed E-state index contributed by atoms with van der Waals surface area (Å²) >= 11 is 0. The average molecular weight is 298 g/mol. The first-order chi connectivity index (χ1) is 9.45. The van der Waals surface area contributed by atoms with E-state index in [-0.39, 0.29) is 23.7 Å². The van der Waals surface area contributed by atoms with Crippen LogP contribution in [-0.2, 0) is 16.6 Å². The van der Waals surface area contributed by atoms with Crippen molar-refractivity contribution in [3.05, 3.63) is 48.2 Å². The van der Waals surface area contributed by atoms with Crippen molar-refractivity contribution in [3.8, 4) is 0 Å². The Morgan fingerprint density at radius 3 is 2.65 bits per heavy atom. The van der Waals surface area contributed by atoms with Crippen LogP contribution >= 0.6 is 0 Å². The molecule has 0 amide bonds. The zero-order valence-corrected chi connectivity index (χ0v) is 11.7. The summed E-state index contributed by atoms with van der Waals surface area (Å²) in [6.07, 6.45) is 1.47. The van der Waals surface area contributed by atoms with Gasteiger partial charge in [0.1, 0.15) is 16.5 Å². The molecule has 1 aromatic carbocycles. The molecule has 2 rings (SSSR count). The van der Waals surface area contributed by atoms with Crippen LogP contribution in [0.1, 0.15) is 12.7 Å². The molecule has 0 radical (unpaired) electrons. The Morgan fingerprint density at radius 1 is 1.35 bits per heavy atom. The number of halogens is 1. The number of nitrogens with zero attached hydrogens (tertiary/aromatic N) is 1. The van der Waals surface area contributed by atoms with E-state index in [1.165, 1.54) is 16.6 Å². The number of sulfonamides is 1. The van der Waals surface area contributed by atoms with Gasteiger partial charge in [0.2, 0.25) is 10.0 Å². The van der Waals surface area contributed by atoms with E-state index in [0.717, 1.165) is 12.1 Å². The summed E-state index contributed by atoms with van der Waals surface area (Å²) in [5.41, 5.74) is 5.50. The van der Waals surface area contributed by atoms with E-state index in [4.69, 9.17) is 10.2 Å². The van der Waals surface area contributed by atoms with Gasteiger partial charge in [-0.3, -0.25) is 0 Å². The van der Waals surface area contributed by atoms with Gasteiger partial charge in [0.15, 0.2) is 0 Å². The van der Waals surface area contributed by atoms with Crippen molar-refractivity contribution in [2.45, 2.75) is 18.4 Å². The van der Waals surface area contributed by atoms with E-state index in [1.807, 2.05) is 0 Å². The molecule has 1 heterocycles. The molecule has 0 fully saturated rings. The molecule has 1 aromatic heterocycles. The summed E-state index contributed by atoms with van der Waals surface area (Å²) in [4.78, 5) is -0.104. The van der Waals surface area contributed by atoms with Gasteiger partial charge < -0.3 is 10.2 Å². The minimum atomic E-state index is -3.79. The number of rotatable bonds is 5. The highest BCUT2D eigenvalue weighted by Crippen LogP contribution is 2.24. The van der Waals surface area contributed by atoms with Gasteiger partial charge >= 0.3 is 0 Å². The Bertz CT molecular complexity index is 684. The Kier molecular flexibility index (Phi) is 4.10. The second-order valence-electron chi connectivity index (χ2n) is 4.19. The molecule has 0 unspecified atom stereocenters. The fourth-order valence-corrected chi connectivity index (χ4v) is 3.35. The molecule has 0 saturated carbocycles. The summed E-state index contributed by atoms with van der Waals surface area (Å²) in [5, 5.41) is 0. The molecule has 0 saturated heterocycles. The van der Waals surface area contributed by atoms with Crippen molar-refractivity contribution in [2.24, 2.45) is 0 Å². The maximum Gasteiger partial charge on any atom is 0.245 e. The lowest BCUT2D eigenvalue weighted by molar-refractivity contribution is 0.375. The summed E-state index contributed by atoms with van der Waals surface area (Å²) in [6.45, 7) is 2.06. The van der Waals surface area contributed by atoms with Gasteiger partial charge in [-0.25, -0.2) is 12.8 Å². The Balaban J connectivity index is 2.36. The van der Waals surface area contributed by atoms with Gasteiger partial charge in [-0.05, 0) is 30.3 Å². The van der Waals surface area contributed by atoms with E-state index in [9.17, 15) is 12.8 Å². The number of benzene rings is 1. The van der Waals surface area contributed by atoms with Crippen LogP contribution in [0.4, 0.5) is 10.1 Å². The summed E-state index contributed by atoms with van der Waals surface area (Å²) in [5.74, 6) is -0.0494. The Morgan fingerprint density at radius 2 is 2.10 bits per heavy atom. The van der Waals surface area contributed by atoms with Crippen LogP contribution in [0.15, 0.2) is 45.9 Å². The minimum Gasteiger partial charge on any atom is -0.468 e. The smallest absolute Gasteiger partial charge is 0.245 e. The number of furan rings is 1. The molecule has 0 bridgehead atoms. The number of anilines is 1. The molecule has 2 N–H and O–H groups in total.